The SMILES string of the molecule is Cc1ccc(CNC(C)c2cc(C(F)(F)F)cc3c(=O)cc(-c4ccc(F)c(F)c4)oc23)c(C(=O)O)n1. The summed E-state index contributed by atoms with van der Waals surface area (Å²) in [5, 5.41) is 12.0. The lowest BCUT2D eigenvalue weighted by Crippen LogP contribution is -2.22. The molecule has 0 amide bonds. The Morgan fingerprint density at radius 3 is 2.46 bits per heavy atom. The third kappa shape index (κ3) is 5.36. The third-order valence-electron chi connectivity index (χ3n) is 5.77. The lowest BCUT2D eigenvalue weighted by atomic mass is 9.99. The van der Waals surface area contributed by atoms with Gasteiger partial charge < -0.3 is 14.8 Å². The Bertz CT molecular complexity index is 1580. The standard InChI is InChI=1S/C26H19F5N2O4/c1-12-3-4-15(23(33-12)25(35)36)11-32-13(2)17-8-16(26(29,30)31)9-18-21(34)10-22(37-24(17)18)14-5-6-19(27)20(28)7-14/h3-10,13,32H,11H2,1-2H3,(H,35,36). The van der Waals surface area contributed by atoms with Crippen LogP contribution in [0.15, 0.2) is 57.7 Å². The summed E-state index contributed by atoms with van der Waals surface area (Å²) in [6.45, 7) is 3.07. The number of alkyl halides is 3. The average Bonchev–Trinajstić information content (AvgIpc) is 2.83. The molecule has 37 heavy (non-hydrogen) atoms. The maximum Gasteiger partial charge on any atom is 0.416 e. The van der Waals surface area contributed by atoms with Crippen molar-refractivity contribution in [3.8, 4) is 11.3 Å². The topological polar surface area (TPSA) is 92.4 Å². The first kappa shape index (κ1) is 26.0. The maximum atomic E-state index is 13.8. The maximum absolute atomic E-state index is 13.8. The van der Waals surface area contributed by atoms with E-state index in [2.05, 4.69) is 10.3 Å². The van der Waals surface area contributed by atoms with E-state index in [4.69, 9.17) is 4.42 Å². The number of hydrogen-bond acceptors (Lipinski definition) is 5. The molecule has 2 aromatic carbocycles. The van der Waals surface area contributed by atoms with Gasteiger partial charge in [-0.2, -0.15) is 13.2 Å². The minimum absolute atomic E-state index is 0.0150. The van der Waals surface area contributed by atoms with Crippen molar-refractivity contribution in [2.75, 3.05) is 0 Å². The van der Waals surface area contributed by atoms with Gasteiger partial charge in [-0.25, -0.2) is 18.6 Å². The molecule has 0 saturated heterocycles. The first-order valence-electron chi connectivity index (χ1n) is 10.9. The van der Waals surface area contributed by atoms with Crippen LogP contribution in [0.25, 0.3) is 22.3 Å². The number of fused-ring (bicyclic) bond motifs is 1. The lowest BCUT2D eigenvalue weighted by molar-refractivity contribution is -0.137. The van der Waals surface area contributed by atoms with E-state index in [0.29, 0.717) is 17.3 Å². The molecule has 0 saturated carbocycles. The van der Waals surface area contributed by atoms with Crippen molar-refractivity contribution in [1.82, 2.24) is 10.3 Å². The van der Waals surface area contributed by atoms with E-state index in [1.54, 1.807) is 13.0 Å². The van der Waals surface area contributed by atoms with Gasteiger partial charge in [0.1, 0.15) is 11.3 Å². The average molecular weight is 518 g/mol. The number of nitrogens with one attached hydrogen (secondary N) is 1. The molecule has 4 rings (SSSR count). The van der Waals surface area contributed by atoms with Crippen molar-refractivity contribution >= 4 is 16.9 Å². The summed E-state index contributed by atoms with van der Waals surface area (Å²) >= 11 is 0. The van der Waals surface area contributed by atoms with Crippen molar-refractivity contribution in [1.29, 1.82) is 0 Å². The van der Waals surface area contributed by atoms with Gasteiger partial charge in [0, 0.05) is 35.5 Å². The number of benzene rings is 2. The highest BCUT2D eigenvalue weighted by Gasteiger charge is 2.33. The van der Waals surface area contributed by atoms with Crippen LogP contribution in [0.1, 0.15) is 45.8 Å². The molecule has 0 radical (unpaired) electrons. The third-order valence-corrected chi connectivity index (χ3v) is 5.77. The number of hydrogen-bond donors (Lipinski definition) is 2. The van der Waals surface area contributed by atoms with Crippen LogP contribution in [-0.4, -0.2) is 16.1 Å². The van der Waals surface area contributed by atoms with E-state index in [1.165, 1.54) is 19.1 Å². The molecule has 2 aromatic heterocycles. The van der Waals surface area contributed by atoms with Gasteiger partial charge in [-0.1, -0.05) is 6.07 Å². The molecule has 0 aliphatic carbocycles. The van der Waals surface area contributed by atoms with Crippen LogP contribution >= 0.6 is 0 Å². The summed E-state index contributed by atoms with van der Waals surface area (Å²) < 4.78 is 73.8. The quantitative estimate of drug-likeness (QED) is 0.304. The Balaban J connectivity index is 1.82. The molecule has 0 aliphatic heterocycles. The summed E-state index contributed by atoms with van der Waals surface area (Å²) in [4.78, 5) is 28.4. The number of aromatic carboxylic acids is 1. The Kier molecular flexibility index (Phi) is 6.83. The van der Waals surface area contributed by atoms with Crippen LogP contribution in [-0.2, 0) is 12.7 Å². The fourth-order valence-electron chi connectivity index (χ4n) is 3.85. The summed E-state index contributed by atoms with van der Waals surface area (Å²) in [5.74, 6) is -3.74. The Labute approximate surface area is 206 Å². The van der Waals surface area contributed by atoms with Gasteiger partial charge in [-0.05, 0) is 55.8 Å². The molecule has 192 valence electrons. The number of halogens is 5. The van der Waals surface area contributed by atoms with Gasteiger partial charge in [0.15, 0.2) is 22.8 Å². The smallest absolute Gasteiger partial charge is 0.416 e. The molecule has 1 unspecified atom stereocenters. The molecule has 2 heterocycles. The van der Waals surface area contributed by atoms with Crippen LogP contribution in [0.3, 0.4) is 0 Å². The van der Waals surface area contributed by atoms with Crippen LogP contribution in [0.4, 0.5) is 22.0 Å². The number of carboxylic acids is 1. The minimum Gasteiger partial charge on any atom is -0.477 e. The Hall–Kier alpha value is -4.12. The van der Waals surface area contributed by atoms with Gasteiger partial charge in [-0.3, -0.25) is 4.79 Å². The van der Waals surface area contributed by atoms with Gasteiger partial charge in [0.25, 0.3) is 0 Å². The molecule has 4 aromatic rings. The van der Waals surface area contributed by atoms with E-state index in [-0.39, 0.29) is 40.1 Å². The predicted molar refractivity (Wildman–Crippen MR) is 124 cm³/mol. The molecule has 6 nitrogen and oxygen atoms in total. The van der Waals surface area contributed by atoms with E-state index < -0.39 is 40.8 Å². The first-order valence-corrected chi connectivity index (χ1v) is 10.9. The number of pyridine rings is 1. The number of carbonyl (C=O) groups is 1. The van der Waals surface area contributed by atoms with E-state index >= 15 is 0 Å². The van der Waals surface area contributed by atoms with E-state index in [0.717, 1.165) is 24.3 Å². The molecular formula is C26H19F5N2O4. The second kappa shape index (κ2) is 9.74. The van der Waals surface area contributed by atoms with Crippen molar-refractivity contribution in [3.05, 3.63) is 98.5 Å². The highest BCUT2D eigenvalue weighted by atomic mass is 19.4. The largest absolute Gasteiger partial charge is 0.477 e. The summed E-state index contributed by atoms with van der Waals surface area (Å²) in [6.07, 6.45) is -4.77. The fraction of sp³-hybridized carbons (Fsp3) is 0.192. The zero-order valence-electron chi connectivity index (χ0n) is 19.4. The molecule has 0 aliphatic rings. The van der Waals surface area contributed by atoms with Crippen LogP contribution < -0.4 is 10.7 Å². The summed E-state index contributed by atoms with van der Waals surface area (Å²) in [5.41, 5.74) is -1.53. The molecule has 1 atom stereocenters. The zero-order valence-corrected chi connectivity index (χ0v) is 19.4. The molecule has 2 N–H and O–H groups in total. The monoisotopic (exact) mass is 518 g/mol. The number of aromatic nitrogens is 1. The van der Waals surface area contributed by atoms with Gasteiger partial charge in [0.05, 0.1) is 10.9 Å². The fourth-order valence-corrected chi connectivity index (χ4v) is 3.85. The van der Waals surface area contributed by atoms with Crippen LogP contribution in [0.5, 0.6) is 0 Å². The molecule has 0 bridgehead atoms. The first-order chi connectivity index (χ1) is 17.3. The highest BCUT2D eigenvalue weighted by Crippen LogP contribution is 2.36. The zero-order chi connectivity index (χ0) is 27.1. The second-order valence-corrected chi connectivity index (χ2v) is 8.41. The summed E-state index contributed by atoms with van der Waals surface area (Å²) in [6, 6.07) is 7.49. The molecular weight excluding hydrogens is 499 g/mol. The molecule has 0 spiro atoms. The van der Waals surface area contributed by atoms with Gasteiger partial charge in [-0.15, -0.1) is 0 Å². The minimum atomic E-state index is -4.77. The van der Waals surface area contributed by atoms with E-state index in [9.17, 15) is 36.6 Å². The van der Waals surface area contributed by atoms with Crippen molar-refractivity contribution < 1.29 is 36.3 Å². The molecule has 11 heteroatoms. The normalized spacial score (nSPS) is 12.6. The second-order valence-electron chi connectivity index (χ2n) is 8.41. The number of rotatable bonds is 6. The van der Waals surface area contributed by atoms with Crippen molar-refractivity contribution in [3.63, 3.8) is 0 Å². The highest BCUT2D eigenvalue weighted by molar-refractivity contribution is 5.87. The lowest BCUT2D eigenvalue weighted by Gasteiger charge is -2.19. The number of carboxylic acid groups (broad SMARTS) is 1. The van der Waals surface area contributed by atoms with Crippen LogP contribution in [0.2, 0.25) is 0 Å². The van der Waals surface area contributed by atoms with Gasteiger partial charge >= 0.3 is 12.1 Å². The van der Waals surface area contributed by atoms with Gasteiger partial charge in [0.2, 0.25) is 0 Å². The number of nitrogens with zero attached hydrogens (tertiary/aromatic N) is 1. The van der Waals surface area contributed by atoms with Crippen molar-refractivity contribution in [2.45, 2.75) is 32.6 Å². The van der Waals surface area contributed by atoms with Crippen LogP contribution in [0, 0.1) is 18.6 Å². The Morgan fingerprint density at radius 2 is 1.81 bits per heavy atom. The van der Waals surface area contributed by atoms with Crippen molar-refractivity contribution in [2.24, 2.45) is 0 Å². The number of aryl methyl sites for hydroxylation is 1. The molecule has 0 fully saturated rings. The van der Waals surface area contributed by atoms with E-state index in [1.807, 2.05) is 0 Å². The summed E-state index contributed by atoms with van der Waals surface area (Å²) in [7, 11) is 0. The Morgan fingerprint density at radius 1 is 1.08 bits per heavy atom. The predicted octanol–water partition coefficient (Wildman–Crippen LogP) is 6.01.